The first-order valence-electron chi connectivity index (χ1n) is 8.90. The third kappa shape index (κ3) is 4.82. The number of amides is 1. The zero-order valence-electron chi connectivity index (χ0n) is 15.5. The second kappa shape index (κ2) is 8.81. The van der Waals surface area contributed by atoms with Gasteiger partial charge in [0, 0.05) is 5.56 Å². The zero-order chi connectivity index (χ0) is 19.1. The Bertz CT molecular complexity index is 915. The summed E-state index contributed by atoms with van der Waals surface area (Å²) >= 11 is 0. The van der Waals surface area contributed by atoms with Crippen LogP contribution in [0.3, 0.4) is 0 Å². The molecule has 4 heteroatoms. The Morgan fingerprint density at radius 2 is 1.44 bits per heavy atom. The molecule has 0 aliphatic rings. The van der Waals surface area contributed by atoms with E-state index >= 15 is 0 Å². The molecule has 4 nitrogen and oxygen atoms in total. The lowest BCUT2D eigenvalue weighted by atomic mass is 10.0. The van der Waals surface area contributed by atoms with Gasteiger partial charge < -0.3 is 4.74 Å². The van der Waals surface area contributed by atoms with Crippen molar-refractivity contribution in [2.75, 3.05) is 6.61 Å². The number of hydrogen-bond acceptors (Lipinski definition) is 3. The van der Waals surface area contributed by atoms with Gasteiger partial charge in [-0.1, -0.05) is 54.6 Å². The summed E-state index contributed by atoms with van der Waals surface area (Å²) < 4.78 is 5.38. The van der Waals surface area contributed by atoms with Crippen LogP contribution in [0.25, 0.3) is 11.1 Å². The molecule has 0 atom stereocenters. The van der Waals surface area contributed by atoms with Crippen LogP contribution >= 0.6 is 0 Å². The molecule has 3 rings (SSSR count). The van der Waals surface area contributed by atoms with Gasteiger partial charge in [-0.2, -0.15) is 5.10 Å². The van der Waals surface area contributed by atoms with Gasteiger partial charge in [0.05, 0.1) is 12.3 Å². The number of ether oxygens (including phenoxy) is 1. The first kappa shape index (κ1) is 18.4. The van der Waals surface area contributed by atoms with Gasteiger partial charge in [-0.25, -0.2) is 5.43 Å². The number of nitrogens with one attached hydrogen (secondary N) is 1. The minimum Gasteiger partial charge on any atom is -0.494 e. The summed E-state index contributed by atoms with van der Waals surface area (Å²) in [7, 11) is 0. The standard InChI is InChI=1S/C23H22N2O2/c1-3-27-22-15-13-21(14-16-22)23(26)25-24-17(2)18-9-11-20(12-10-18)19-7-5-4-6-8-19/h4-16H,3H2,1-2H3,(H,25,26)/b24-17-. The van der Waals surface area contributed by atoms with E-state index in [2.05, 4.69) is 34.8 Å². The highest BCUT2D eigenvalue weighted by atomic mass is 16.5. The number of carbonyl (C=O) groups is 1. The topological polar surface area (TPSA) is 50.7 Å². The summed E-state index contributed by atoms with van der Waals surface area (Å²) in [6, 6.07) is 25.3. The van der Waals surface area contributed by atoms with Crippen LogP contribution in [0.4, 0.5) is 0 Å². The molecule has 0 saturated carbocycles. The molecular weight excluding hydrogens is 336 g/mol. The Hall–Kier alpha value is -3.40. The highest BCUT2D eigenvalue weighted by molar-refractivity contribution is 6.01. The van der Waals surface area contributed by atoms with Gasteiger partial charge in [0.1, 0.15) is 5.75 Å². The van der Waals surface area contributed by atoms with Gasteiger partial charge in [-0.05, 0) is 54.8 Å². The van der Waals surface area contributed by atoms with E-state index in [9.17, 15) is 4.79 Å². The van der Waals surface area contributed by atoms with Crippen molar-refractivity contribution in [1.29, 1.82) is 0 Å². The van der Waals surface area contributed by atoms with E-state index in [4.69, 9.17) is 4.74 Å². The van der Waals surface area contributed by atoms with Gasteiger partial charge in [0.25, 0.3) is 5.91 Å². The molecule has 3 aromatic rings. The van der Waals surface area contributed by atoms with Crippen molar-refractivity contribution in [1.82, 2.24) is 5.43 Å². The molecule has 0 radical (unpaired) electrons. The average molecular weight is 358 g/mol. The fourth-order valence-corrected chi connectivity index (χ4v) is 2.67. The quantitative estimate of drug-likeness (QED) is 0.503. The second-order valence-corrected chi connectivity index (χ2v) is 6.04. The Morgan fingerprint density at radius 1 is 0.852 bits per heavy atom. The lowest BCUT2D eigenvalue weighted by Gasteiger charge is -2.06. The largest absolute Gasteiger partial charge is 0.494 e. The fraction of sp³-hybridized carbons (Fsp3) is 0.130. The lowest BCUT2D eigenvalue weighted by Crippen LogP contribution is -2.19. The monoisotopic (exact) mass is 358 g/mol. The van der Waals surface area contributed by atoms with Gasteiger partial charge >= 0.3 is 0 Å². The van der Waals surface area contributed by atoms with Crippen molar-refractivity contribution in [3.8, 4) is 16.9 Å². The molecule has 0 unspecified atom stereocenters. The minimum absolute atomic E-state index is 0.252. The van der Waals surface area contributed by atoms with E-state index in [1.54, 1.807) is 24.3 Å². The van der Waals surface area contributed by atoms with Gasteiger partial charge in [-0.15, -0.1) is 0 Å². The Balaban J connectivity index is 1.65. The average Bonchev–Trinajstić information content (AvgIpc) is 2.73. The second-order valence-electron chi connectivity index (χ2n) is 6.04. The number of benzene rings is 3. The van der Waals surface area contributed by atoms with Crippen molar-refractivity contribution in [3.63, 3.8) is 0 Å². The number of nitrogens with zero attached hydrogens (tertiary/aromatic N) is 1. The molecule has 0 spiro atoms. The van der Waals surface area contributed by atoms with Crippen LogP contribution in [-0.4, -0.2) is 18.2 Å². The summed E-state index contributed by atoms with van der Waals surface area (Å²) in [4.78, 5) is 12.2. The smallest absolute Gasteiger partial charge is 0.271 e. The molecule has 3 aromatic carbocycles. The summed E-state index contributed by atoms with van der Waals surface area (Å²) in [5, 5.41) is 4.22. The molecule has 27 heavy (non-hydrogen) atoms. The number of rotatable bonds is 6. The van der Waals surface area contributed by atoms with Crippen LogP contribution in [0.1, 0.15) is 29.8 Å². The van der Waals surface area contributed by atoms with E-state index < -0.39 is 0 Å². The van der Waals surface area contributed by atoms with Crippen LogP contribution in [0.2, 0.25) is 0 Å². The molecule has 0 aromatic heterocycles. The lowest BCUT2D eigenvalue weighted by molar-refractivity contribution is 0.0955. The van der Waals surface area contributed by atoms with E-state index in [-0.39, 0.29) is 5.91 Å². The van der Waals surface area contributed by atoms with E-state index in [0.29, 0.717) is 12.2 Å². The van der Waals surface area contributed by atoms with Crippen LogP contribution in [0, 0.1) is 0 Å². The Labute approximate surface area is 159 Å². The van der Waals surface area contributed by atoms with Crippen molar-refractivity contribution >= 4 is 11.6 Å². The molecule has 0 heterocycles. The molecule has 0 bridgehead atoms. The van der Waals surface area contributed by atoms with Gasteiger partial charge in [-0.3, -0.25) is 4.79 Å². The van der Waals surface area contributed by atoms with Crippen molar-refractivity contribution in [2.24, 2.45) is 5.10 Å². The number of hydrazone groups is 1. The number of hydrogen-bond donors (Lipinski definition) is 1. The maximum absolute atomic E-state index is 12.2. The Morgan fingerprint density at radius 3 is 2.07 bits per heavy atom. The predicted octanol–water partition coefficient (Wildman–Crippen LogP) is 4.91. The SMILES string of the molecule is CCOc1ccc(C(=O)N/N=C(/C)c2ccc(-c3ccccc3)cc2)cc1. The van der Waals surface area contributed by atoms with E-state index in [1.165, 1.54) is 5.56 Å². The predicted molar refractivity (Wildman–Crippen MR) is 109 cm³/mol. The van der Waals surface area contributed by atoms with Gasteiger partial charge in [0.2, 0.25) is 0 Å². The Kier molecular flexibility index (Phi) is 6.00. The highest BCUT2D eigenvalue weighted by Gasteiger charge is 2.06. The maximum Gasteiger partial charge on any atom is 0.271 e. The maximum atomic E-state index is 12.2. The van der Waals surface area contributed by atoms with E-state index in [0.717, 1.165) is 22.6 Å². The first-order valence-corrected chi connectivity index (χ1v) is 8.90. The number of carbonyl (C=O) groups excluding carboxylic acids is 1. The molecule has 1 N–H and O–H groups in total. The molecule has 136 valence electrons. The summed E-state index contributed by atoms with van der Waals surface area (Å²) in [6.45, 7) is 4.39. The fourth-order valence-electron chi connectivity index (χ4n) is 2.67. The summed E-state index contributed by atoms with van der Waals surface area (Å²) in [5.74, 6) is 0.491. The molecular formula is C23H22N2O2. The third-order valence-corrected chi connectivity index (χ3v) is 4.16. The van der Waals surface area contributed by atoms with Crippen LogP contribution in [0.15, 0.2) is 84.0 Å². The van der Waals surface area contributed by atoms with Crippen molar-refractivity contribution < 1.29 is 9.53 Å². The highest BCUT2D eigenvalue weighted by Crippen LogP contribution is 2.19. The summed E-state index contributed by atoms with van der Waals surface area (Å²) in [5.41, 5.74) is 7.16. The van der Waals surface area contributed by atoms with Gasteiger partial charge in [0.15, 0.2) is 0 Å². The summed E-state index contributed by atoms with van der Waals surface area (Å²) in [6.07, 6.45) is 0. The van der Waals surface area contributed by atoms with Crippen LogP contribution in [-0.2, 0) is 0 Å². The van der Waals surface area contributed by atoms with Crippen LogP contribution < -0.4 is 10.2 Å². The molecule has 0 saturated heterocycles. The van der Waals surface area contributed by atoms with E-state index in [1.807, 2.05) is 44.2 Å². The van der Waals surface area contributed by atoms with Crippen LogP contribution in [0.5, 0.6) is 5.75 Å². The van der Waals surface area contributed by atoms with Crippen molar-refractivity contribution in [3.05, 3.63) is 90.0 Å². The molecule has 1 amide bonds. The van der Waals surface area contributed by atoms with Crippen molar-refractivity contribution in [2.45, 2.75) is 13.8 Å². The normalized spacial score (nSPS) is 11.1. The first-order chi connectivity index (χ1) is 13.2. The third-order valence-electron chi connectivity index (χ3n) is 4.16. The molecule has 0 fully saturated rings. The molecule has 0 aliphatic heterocycles. The molecule has 0 aliphatic carbocycles. The minimum atomic E-state index is -0.252. The zero-order valence-corrected chi connectivity index (χ0v) is 15.5.